The van der Waals surface area contributed by atoms with Crippen molar-refractivity contribution in [1.82, 2.24) is 9.97 Å². The van der Waals surface area contributed by atoms with Gasteiger partial charge in [-0.1, -0.05) is 59.8 Å². The highest BCUT2D eigenvalue weighted by atomic mass is 16.2. The lowest BCUT2D eigenvalue weighted by molar-refractivity contribution is -0.119. The van der Waals surface area contributed by atoms with Gasteiger partial charge in [-0.25, -0.2) is 9.97 Å². The van der Waals surface area contributed by atoms with Gasteiger partial charge >= 0.3 is 0 Å². The molecule has 0 saturated carbocycles. The molecule has 0 N–H and O–H groups in total. The molecular weight excluding hydrogens is 286 g/mol. The maximum atomic E-state index is 12.5. The number of hydrogen-bond donors (Lipinski definition) is 0. The highest BCUT2D eigenvalue weighted by Crippen LogP contribution is 2.21. The molecule has 1 aromatic heterocycles. The van der Waals surface area contributed by atoms with Crippen molar-refractivity contribution in [2.24, 2.45) is 0 Å². The summed E-state index contributed by atoms with van der Waals surface area (Å²) in [6.07, 6.45) is 12.9. The Kier molecular flexibility index (Phi) is 9.49. The van der Waals surface area contributed by atoms with Crippen LogP contribution in [-0.4, -0.2) is 21.9 Å². The van der Waals surface area contributed by atoms with Crippen LogP contribution in [0, 0.1) is 0 Å². The summed E-state index contributed by atoms with van der Waals surface area (Å²) in [6.45, 7) is 8.45. The SMILES string of the molecule is CCCCC(CCCC)N(C(=O)CC)c1ncc(CCC)cn1. The van der Waals surface area contributed by atoms with Gasteiger partial charge in [0, 0.05) is 24.9 Å². The molecule has 0 atom stereocenters. The normalized spacial score (nSPS) is 11.0. The van der Waals surface area contributed by atoms with Crippen LogP contribution in [0.25, 0.3) is 0 Å². The molecule has 1 rings (SSSR count). The molecule has 0 saturated heterocycles. The third kappa shape index (κ3) is 6.28. The van der Waals surface area contributed by atoms with E-state index in [9.17, 15) is 4.79 Å². The number of rotatable bonds is 11. The molecule has 0 aliphatic carbocycles. The van der Waals surface area contributed by atoms with E-state index in [1.807, 2.05) is 24.2 Å². The summed E-state index contributed by atoms with van der Waals surface area (Å²) < 4.78 is 0. The van der Waals surface area contributed by atoms with Gasteiger partial charge in [-0.2, -0.15) is 0 Å². The highest BCUT2D eigenvalue weighted by molar-refractivity contribution is 5.91. The van der Waals surface area contributed by atoms with Gasteiger partial charge < -0.3 is 0 Å². The first-order valence-electron chi connectivity index (χ1n) is 9.30. The molecule has 0 fully saturated rings. The van der Waals surface area contributed by atoms with Gasteiger partial charge in [0.25, 0.3) is 0 Å². The van der Waals surface area contributed by atoms with Crippen LogP contribution in [0.15, 0.2) is 12.4 Å². The summed E-state index contributed by atoms with van der Waals surface area (Å²) in [5.41, 5.74) is 1.14. The lowest BCUT2D eigenvalue weighted by atomic mass is 10.0. The standard InChI is InChI=1S/C19H33N3O/c1-5-9-12-17(13-10-6-2)22(18(23)8-4)19-20-14-16(11-7-3)15-21-19/h14-15,17H,5-13H2,1-4H3. The van der Waals surface area contributed by atoms with Crippen molar-refractivity contribution in [1.29, 1.82) is 0 Å². The molecule has 4 nitrogen and oxygen atoms in total. The molecule has 0 unspecified atom stereocenters. The second-order valence-electron chi connectivity index (χ2n) is 6.20. The van der Waals surface area contributed by atoms with Crippen molar-refractivity contribution in [2.45, 2.75) is 91.5 Å². The van der Waals surface area contributed by atoms with E-state index in [2.05, 4.69) is 30.7 Å². The van der Waals surface area contributed by atoms with Gasteiger partial charge in [0.15, 0.2) is 0 Å². The van der Waals surface area contributed by atoms with E-state index in [0.29, 0.717) is 12.4 Å². The van der Waals surface area contributed by atoms with E-state index in [1.54, 1.807) is 0 Å². The molecule has 0 bridgehead atoms. The Hall–Kier alpha value is -1.45. The van der Waals surface area contributed by atoms with Gasteiger partial charge in [-0.05, 0) is 24.8 Å². The van der Waals surface area contributed by atoms with Crippen LogP contribution in [0.1, 0.15) is 84.6 Å². The average molecular weight is 319 g/mol. The van der Waals surface area contributed by atoms with Gasteiger partial charge in [0.1, 0.15) is 0 Å². The van der Waals surface area contributed by atoms with Crippen LogP contribution in [0.2, 0.25) is 0 Å². The van der Waals surface area contributed by atoms with Crippen LogP contribution in [0.3, 0.4) is 0 Å². The number of amides is 1. The number of unbranched alkanes of at least 4 members (excludes halogenated alkanes) is 2. The number of carbonyl (C=O) groups is 1. The molecule has 0 radical (unpaired) electrons. The second-order valence-corrected chi connectivity index (χ2v) is 6.20. The van der Waals surface area contributed by atoms with Crippen molar-refractivity contribution in [3.05, 3.63) is 18.0 Å². The minimum absolute atomic E-state index is 0.130. The zero-order chi connectivity index (χ0) is 17.1. The Morgan fingerprint density at radius 2 is 1.57 bits per heavy atom. The number of aryl methyl sites for hydroxylation is 1. The summed E-state index contributed by atoms with van der Waals surface area (Å²) in [5, 5.41) is 0. The van der Waals surface area contributed by atoms with Gasteiger partial charge in [0.05, 0.1) is 0 Å². The zero-order valence-electron chi connectivity index (χ0n) is 15.3. The largest absolute Gasteiger partial charge is 0.278 e. The lowest BCUT2D eigenvalue weighted by Crippen LogP contribution is -2.41. The van der Waals surface area contributed by atoms with E-state index in [4.69, 9.17) is 0 Å². The van der Waals surface area contributed by atoms with Gasteiger partial charge in [0.2, 0.25) is 11.9 Å². The van der Waals surface area contributed by atoms with E-state index >= 15 is 0 Å². The Morgan fingerprint density at radius 1 is 1.00 bits per heavy atom. The molecule has 0 aliphatic rings. The molecular formula is C19H33N3O. The van der Waals surface area contributed by atoms with E-state index in [1.165, 1.54) is 0 Å². The molecule has 1 amide bonds. The maximum Gasteiger partial charge on any atom is 0.232 e. The smallest absolute Gasteiger partial charge is 0.232 e. The second kappa shape index (κ2) is 11.1. The Labute approximate surface area is 141 Å². The fourth-order valence-electron chi connectivity index (χ4n) is 2.82. The third-order valence-corrected chi connectivity index (χ3v) is 4.16. The highest BCUT2D eigenvalue weighted by Gasteiger charge is 2.25. The summed E-state index contributed by atoms with van der Waals surface area (Å²) >= 11 is 0. The Balaban J connectivity index is 3.00. The van der Waals surface area contributed by atoms with Crippen molar-refractivity contribution in [2.75, 3.05) is 4.90 Å². The number of nitrogens with zero attached hydrogens (tertiary/aromatic N) is 3. The van der Waals surface area contributed by atoms with E-state index in [0.717, 1.165) is 56.9 Å². The Morgan fingerprint density at radius 3 is 2.00 bits per heavy atom. The molecule has 23 heavy (non-hydrogen) atoms. The molecule has 4 heteroatoms. The molecule has 0 aromatic carbocycles. The first-order valence-corrected chi connectivity index (χ1v) is 9.30. The number of anilines is 1. The fourth-order valence-corrected chi connectivity index (χ4v) is 2.82. The van der Waals surface area contributed by atoms with Crippen LogP contribution in [-0.2, 0) is 11.2 Å². The average Bonchev–Trinajstić information content (AvgIpc) is 2.58. The minimum atomic E-state index is 0.130. The number of carbonyl (C=O) groups excluding carboxylic acids is 1. The molecule has 1 aromatic rings. The zero-order valence-corrected chi connectivity index (χ0v) is 15.3. The van der Waals surface area contributed by atoms with Crippen molar-refractivity contribution in [3.63, 3.8) is 0 Å². The fraction of sp³-hybridized carbons (Fsp3) is 0.737. The predicted molar refractivity (Wildman–Crippen MR) is 96.6 cm³/mol. The summed E-state index contributed by atoms with van der Waals surface area (Å²) in [6, 6.07) is 0.222. The molecule has 130 valence electrons. The first-order chi connectivity index (χ1) is 11.2. The van der Waals surface area contributed by atoms with E-state index in [-0.39, 0.29) is 11.9 Å². The lowest BCUT2D eigenvalue weighted by Gasteiger charge is -2.30. The first kappa shape index (κ1) is 19.6. The quantitative estimate of drug-likeness (QED) is 0.581. The monoisotopic (exact) mass is 319 g/mol. The van der Waals surface area contributed by atoms with Crippen LogP contribution in [0.5, 0.6) is 0 Å². The summed E-state index contributed by atoms with van der Waals surface area (Å²) in [7, 11) is 0. The van der Waals surface area contributed by atoms with Gasteiger partial charge in [-0.3, -0.25) is 9.69 Å². The maximum absolute atomic E-state index is 12.5. The Bertz CT molecular complexity index is 436. The van der Waals surface area contributed by atoms with Crippen molar-refractivity contribution < 1.29 is 4.79 Å². The molecule has 0 spiro atoms. The third-order valence-electron chi connectivity index (χ3n) is 4.16. The van der Waals surface area contributed by atoms with E-state index < -0.39 is 0 Å². The molecule has 0 aliphatic heterocycles. The number of aromatic nitrogens is 2. The van der Waals surface area contributed by atoms with Crippen molar-refractivity contribution >= 4 is 11.9 Å². The van der Waals surface area contributed by atoms with Crippen LogP contribution < -0.4 is 4.90 Å². The molecule has 1 heterocycles. The summed E-state index contributed by atoms with van der Waals surface area (Å²) in [5.74, 6) is 0.708. The van der Waals surface area contributed by atoms with Crippen molar-refractivity contribution in [3.8, 4) is 0 Å². The topological polar surface area (TPSA) is 46.1 Å². The number of hydrogen-bond acceptors (Lipinski definition) is 3. The van der Waals surface area contributed by atoms with Crippen LogP contribution in [0.4, 0.5) is 5.95 Å². The van der Waals surface area contributed by atoms with Gasteiger partial charge in [-0.15, -0.1) is 0 Å². The minimum Gasteiger partial charge on any atom is -0.278 e. The predicted octanol–water partition coefficient (Wildman–Crippen LogP) is 4.92. The summed E-state index contributed by atoms with van der Waals surface area (Å²) in [4.78, 5) is 23.4. The van der Waals surface area contributed by atoms with Crippen LogP contribution >= 0.6 is 0 Å².